The number of likely N-dealkylation sites (tertiary alicyclic amines) is 1. The second-order valence-electron chi connectivity index (χ2n) is 7.98. The largest absolute Gasteiger partial charge is 0.342 e. The highest BCUT2D eigenvalue weighted by molar-refractivity contribution is 5.76. The van der Waals surface area contributed by atoms with Crippen LogP contribution in [-0.4, -0.2) is 33.4 Å². The maximum absolute atomic E-state index is 12.5. The molecule has 1 saturated carbocycles. The first-order chi connectivity index (χ1) is 12.7. The molecule has 1 aromatic carbocycles. The lowest BCUT2D eigenvalue weighted by atomic mass is 10.1. The number of carbonyl (C=O) groups excluding carboxylic acids is 1. The van der Waals surface area contributed by atoms with E-state index in [1.54, 1.807) is 0 Å². The standard InChI is InChI=1S/C22H29N3O/c1-17-14-23-22(20-10-11-20)25(17)16-19-12-13-24(15-19)21(26)9-5-8-18-6-3-2-4-7-18/h2-4,6-7,14,19-20H,5,8-13,15-16H2,1H3. The van der Waals surface area contributed by atoms with Crippen LogP contribution < -0.4 is 0 Å². The number of hydrogen-bond acceptors (Lipinski definition) is 2. The van der Waals surface area contributed by atoms with Gasteiger partial charge in [-0.25, -0.2) is 4.98 Å². The van der Waals surface area contributed by atoms with Gasteiger partial charge in [0.2, 0.25) is 5.91 Å². The van der Waals surface area contributed by atoms with Gasteiger partial charge in [-0.05, 0) is 50.5 Å². The van der Waals surface area contributed by atoms with Gasteiger partial charge < -0.3 is 9.47 Å². The summed E-state index contributed by atoms with van der Waals surface area (Å²) in [6.07, 6.45) is 8.29. The van der Waals surface area contributed by atoms with Gasteiger partial charge in [0.15, 0.2) is 0 Å². The maximum Gasteiger partial charge on any atom is 0.222 e. The first-order valence-electron chi connectivity index (χ1n) is 10.0. The number of aryl methyl sites for hydroxylation is 2. The lowest BCUT2D eigenvalue weighted by molar-refractivity contribution is -0.130. The molecule has 2 fully saturated rings. The summed E-state index contributed by atoms with van der Waals surface area (Å²) in [7, 11) is 0. The second kappa shape index (κ2) is 7.65. The monoisotopic (exact) mass is 351 g/mol. The molecule has 0 spiro atoms. The number of aromatic nitrogens is 2. The van der Waals surface area contributed by atoms with Crippen molar-refractivity contribution in [3.8, 4) is 0 Å². The number of imidazole rings is 1. The fourth-order valence-electron chi connectivity index (χ4n) is 4.10. The van der Waals surface area contributed by atoms with Crippen LogP contribution in [0.1, 0.15) is 55.1 Å². The summed E-state index contributed by atoms with van der Waals surface area (Å²) < 4.78 is 2.41. The topological polar surface area (TPSA) is 38.1 Å². The molecule has 1 amide bonds. The summed E-state index contributed by atoms with van der Waals surface area (Å²) in [6.45, 7) is 5.00. The summed E-state index contributed by atoms with van der Waals surface area (Å²) in [5.41, 5.74) is 2.59. The van der Waals surface area contributed by atoms with Crippen molar-refractivity contribution in [3.63, 3.8) is 0 Å². The van der Waals surface area contributed by atoms with Crippen molar-refractivity contribution in [3.05, 3.63) is 53.6 Å². The molecular weight excluding hydrogens is 322 g/mol. The van der Waals surface area contributed by atoms with Crippen molar-refractivity contribution in [2.24, 2.45) is 5.92 Å². The zero-order valence-electron chi connectivity index (χ0n) is 15.7. The molecule has 2 aliphatic rings. The molecule has 1 saturated heterocycles. The number of nitrogens with zero attached hydrogens (tertiary/aromatic N) is 3. The molecule has 2 heterocycles. The third-order valence-corrected chi connectivity index (χ3v) is 5.81. The summed E-state index contributed by atoms with van der Waals surface area (Å²) in [5.74, 6) is 2.85. The van der Waals surface area contributed by atoms with Gasteiger partial charge >= 0.3 is 0 Å². The first-order valence-corrected chi connectivity index (χ1v) is 10.0. The Labute approximate surface area is 156 Å². The molecule has 4 heteroatoms. The Bertz CT molecular complexity index is 748. The van der Waals surface area contributed by atoms with E-state index in [1.807, 2.05) is 12.3 Å². The second-order valence-corrected chi connectivity index (χ2v) is 7.98. The van der Waals surface area contributed by atoms with Crippen LogP contribution in [-0.2, 0) is 17.8 Å². The highest BCUT2D eigenvalue weighted by Crippen LogP contribution is 2.40. The fourth-order valence-corrected chi connectivity index (χ4v) is 4.10. The molecular formula is C22H29N3O. The van der Waals surface area contributed by atoms with Gasteiger partial charge in [-0.2, -0.15) is 0 Å². The zero-order chi connectivity index (χ0) is 17.9. The smallest absolute Gasteiger partial charge is 0.222 e. The van der Waals surface area contributed by atoms with Gasteiger partial charge in [-0.3, -0.25) is 4.79 Å². The van der Waals surface area contributed by atoms with Gasteiger partial charge in [0, 0.05) is 43.9 Å². The molecule has 26 heavy (non-hydrogen) atoms. The fraction of sp³-hybridized carbons (Fsp3) is 0.545. The zero-order valence-corrected chi connectivity index (χ0v) is 15.7. The molecule has 1 atom stereocenters. The molecule has 4 nitrogen and oxygen atoms in total. The number of amides is 1. The van der Waals surface area contributed by atoms with Crippen LogP contribution in [0.5, 0.6) is 0 Å². The SMILES string of the molecule is Cc1cnc(C2CC2)n1CC1CCN(C(=O)CCCc2ccccc2)C1. The van der Waals surface area contributed by atoms with Crippen molar-refractivity contribution in [2.75, 3.05) is 13.1 Å². The van der Waals surface area contributed by atoms with Crippen LogP contribution in [0.2, 0.25) is 0 Å². The number of carbonyl (C=O) groups is 1. The normalized spacial score (nSPS) is 19.9. The number of rotatable bonds is 7. The molecule has 1 aromatic heterocycles. The molecule has 138 valence electrons. The molecule has 2 aromatic rings. The van der Waals surface area contributed by atoms with E-state index < -0.39 is 0 Å². The van der Waals surface area contributed by atoms with Crippen LogP contribution in [0.25, 0.3) is 0 Å². The van der Waals surface area contributed by atoms with Crippen molar-refractivity contribution in [1.29, 1.82) is 0 Å². The maximum atomic E-state index is 12.5. The van der Waals surface area contributed by atoms with Crippen molar-refractivity contribution < 1.29 is 4.79 Å². The molecule has 0 N–H and O–H groups in total. The van der Waals surface area contributed by atoms with E-state index in [0.717, 1.165) is 38.9 Å². The Kier molecular flexibility index (Phi) is 5.09. The summed E-state index contributed by atoms with van der Waals surface area (Å²) in [6, 6.07) is 10.4. The highest BCUT2D eigenvalue weighted by atomic mass is 16.2. The van der Waals surface area contributed by atoms with Gasteiger partial charge in [0.1, 0.15) is 5.82 Å². The molecule has 0 radical (unpaired) electrons. The van der Waals surface area contributed by atoms with Crippen LogP contribution in [0.3, 0.4) is 0 Å². The van der Waals surface area contributed by atoms with Crippen molar-refractivity contribution in [1.82, 2.24) is 14.5 Å². The minimum atomic E-state index is 0.327. The van der Waals surface area contributed by atoms with E-state index in [-0.39, 0.29) is 0 Å². The Morgan fingerprint density at radius 3 is 2.77 bits per heavy atom. The van der Waals surface area contributed by atoms with E-state index in [9.17, 15) is 4.79 Å². The van der Waals surface area contributed by atoms with Gasteiger partial charge in [0.25, 0.3) is 0 Å². The Morgan fingerprint density at radius 2 is 2.00 bits per heavy atom. The highest BCUT2D eigenvalue weighted by Gasteiger charge is 2.31. The minimum absolute atomic E-state index is 0.327. The van der Waals surface area contributed by atoms with Crippen LogP contribution in [0, 0.1) is 12.8 Å². The summed E-state index contributed by atoms with van der Waals surface area (Å²) in [5, 5.41) is 0. The Balaban J connectivity index is 1.26. The lowest BCUT2D eigenvalue weighted by Crippen LogP contribution is -2.29. The molecule has 1 aliphatic carbocycles. The van der Waals surface area contributed by atoms with Gasteiger partial charge in [-0.15, -0.1) is 0 Å². The van der Waals surface area contributed by atoms with Gasteiger partial charge in [0.05, 0.1) is 0 Å². The minimum Gasteiger partial charge on any atom is -0.342 e. The average molecular weight is 351 g/mol. The third kappa shape index (κ3) is 4.00. The third-order valence-electron chi connectivity index (χ3n) is 5.81. The van der Waals surface area contributed by atoms with Gasteiger partial charge in [-0.1, -0.05) is 30.3 Å². The van der Waals surface area contributed by atoms with E-state index in [0.29, 0.717) is 24.2 Å². The lowest BCUT2D eigenvalue weighted by Gasteiger charge is -2.18. The Morgan fingerprint density at radius 1 is 1.19 bits per heavy atom. The van der Waals surface area contributed by atoms with Crippen LogP contribution in [0.15, 0.2) is 36.5 Å². The van der Waals surface area contributed by atoms with Crippen molar-refractivity contribution in [2.45, 2.75) is 57.9 Å². The van der Waals surface area contributed by atoms with E-state index in [1.165, 1.54) is 29.9 Å². The van der Waals surface area contributed by atoms with Crippen LogP contribution >= 0.6 is 0 Å². The number of benzene rings is 1. The van der Waals surface area contributed by atoms with E-state index in [2.05, 4.69) is 45.6 Å². The predicted octanol–water partition coefficient (Wildman–Crippen LogP) is 3.94. The quantitative estimate of drug-likeness (QED) is 0.758. The summed E-state index contributed by atoms with van der Waals surface area (Å²) >= 11 is 0. The molecule has 1 aliphatic heterocycles. The van der Waals surface area contributed by atoms with Crippen LogP contribution in [0.4, 0.5) is 0 Å². The predicted molar refractivity (Wildman–Crippen MR) is 103 cm³/mol. The van der Waals surface area contributed by atoms with E-state index in [4.69, 9.17) is 0 Å². The Hall–Kier alpha value is -2.10. The van der Waals surface area contributed by atoms with Crippen molar-refractivity contribution >= 4 is 5.91 Å². The average Bonchev–Trinajstić information content (AvgIpc) is 3.28. The molecule has 1 unspecified atom stereocenters. The van der Waals surface area contributed by atoms with E-state index >= 15 is 0 Å². The molecule has 0 bridgehead atoms. The molecule has 4 rings (SSSR count). The summed E-state index contributed by atoms with van der Waals surface area (Å²) in [4.78, 5) is 19.3. The first kappa shape index (κ1) is 17.3. The number of hydrogen-bond donors (Lipinski definition) is 0.